The highest BCUT2D eigenvalue weighted by molar-refractivity contribution is 6.35. The summed E-state index contributed by atoms with van der Waals surface area (Å²) in [6.45, 7) is 2.45. The van der Waals surface area contributed by atoms with Crippen molar-refractivity contribution in [1.29, 1.82) is 0 Å². The number of amides is 2. The Morgan fingerprint density at radius 1 is 1.18 bits per heavy atom. The Morgan fingerprint density at radius 2 is 1.86 bits per heavy atom. The summed E-state index contributed by atoms with van der Waals surface area (Å²) < 4.78 is 5.37. The van der Waals surface area contributed by atoms with E-state index in [1.807, 2.05) is 6.92 Å². The van der Waals surface area contributed by atoms with Crippen molar-refractivity contribution in [3.63, 3.8) is 0 Å². The van der Waals surface area contributed by atoms with Gasteiger partial charge in [0.05, 0.1) is 13.0 Å². The first-order chi connectivity index (χ1) is 13.4. The molecule has 0 saturated heterocycles. The molecule has 28 heavy (non-hydrogen) atoms. The van der Waals surface area contributed by atoms with Gasteiger partial charge in [-0.25, -0.2) is 4.99 Å². The zero-order valence-corrected chi connectivity index (χ0v) is 16.5. The number of hydrogen-bond acceptors (Lipinski definition) is 5. The molecule has 7 nitrogen and oxygen atoms in total. The number of hydrogen-bond donors (Lipinski definition) is 3. The number of aliphatic imine (C=N–C) groups is 1. The molecule has 1 aliphatic heterocycles. The quantitative estimate of drug-likeness (QED) is 0.687. The van der Waals surface area contributed by atoms with E-state index in [0.717, 1.165) is 0 Å². The van der Waals surface area contributed by atoms with E-state index >= 15 is 0 Å². The van der Waals surface area contributed by atoms with Gasteiger partial charge in [-0.2, -0.15) is 0 Å². The Morgan fingerprint density at radius 3 is 2.50 bits per heavy atom. The van der Waals surface area contributed by atoms with Gasteiger partial charge in [-0.3, -0.25) is 14.9 Å². The summed E-state index contributed by atoms with van der Waals surface area (Å²) in [6, 6.07) is 10.9. The number of carbonyl (C=O) groups is 2. The summed E-state index contributed by atoms with van der Waals surface area (Å²) in [5.74, 6) is 0.156. The van der Waals surface area contributed by atoms with Gasteiger partial charge in [0.25, 0.3) is 0 Å². The molecule has 1 heterocycles. The van der Waals surface area contributed by atoms with Crippen LogP contribution in [0.4, 0.5) is 11.4 Å². The van der Waals surface area contributed by atoms with Crippen LogP contribution in [-0.4, -0.2) is 30.4 Å². The standard InChI is InChI=1S/C19H18Cl2N4O3/c1-2-28-15-5-3-13(4-6-15)22-18(27)16-10-17(26)25-19(24-16)23-14-8-11(20)7-12(21)9-14/h3-9,16H,2,10H2,1H3,(H,22,27)(H2,23,24,25,26)/t16-/m0/s1. The predicted octanol–water partition coefficient (Wildman–Crippen LogP) is 3.69. The summed E-state index contributed by atoms with van der Waals surface area (Å²) >= 11 is 11.9. The van der Waals surface area contributed by atoms with Crippen molar-refractivity contribution in [2.45, 2.75) is 19.4 Å². The van der Waals surface area contributed by atoms with Crippen molar-refractivity contribution in [1.82, 2.24) is 5.32 Å². The van der Waals surface area contributed by atoms with Crippen LogP contribution in [0.15, 0.2) is 47.5 Å². The number of ether oxygens (including phenoxy) is 1. The molecule has 1 atom stereocenters. The first-order valence-corrected chi connectivity index (χ1v) is 9.33. The summed E-state index contributed by atoms with van der Waals surface area (Å²) in [4.78, 5) is 28.8. The molecule has 0 bridgehead atoms. The zero-order chi connectivity index (χ0) is 20.1. The van der Waals surface area contributed by atoms with Gasteiger partial charge in [-0.1, -0.05) is 23.2 Å². The van der Waals surface area contributed by atoms with E-state index in [2.05, 4.69) is 20.9 Å². The fourth-order valence-electron chi connectivity index (χ4n) is 2.60. The molecule has 1 aliphatic rings. The minimum atomic E-state index is -0.863. The van der Waals surface area contributed by atoms with Gasteiger partial charge in [0, 0.05) is 21.4 Å². The molecular formula is C19H18Cl2N4O3. The molecule has 3 rings (SSSR count). The summed E-state index contributed by atoms with van der Waals surface area (Å²) in [6.07, 6.45) is -0.0512. The average Bonchev–Trinajstić information content (AvgIpc) is 2.62. The van der Waals surface area contributed by atoms with E-state index in [-0.39, 0.29) is 24.2 Å². The Balaban J connectivity index is 1.70. The Labute approximate surface area is 172 Å². The summed E-state index contributed by atoms with van der Waals surface area (Å²) in [5.41, 5.74) is 1.13. The van der Waals surface area contributed by atoms with E-state index in [1.165, 1.54) is 0 Å². The maximum Gasteiger partial charge on any atom is 0.249 e. The normalized spacial score (nSPS) is 16.0. The number of guanidine groups is 1. The lowest BCUT2D eigenvalue weighted by Crippen LogP contribution is -2.45. The zero-order valence-electron chi connectivity index (χ0n) is 15.0. The third-order valence-electron chi connectivity index (χ3n) is 3.78. The third-order valence-corrected chi connectivity index (χ3v) is 4.22. The average molecular weight is 421 g/mol. The van der Waals surface area contributed by atoms with Crippen LogP contribution < -0.4 is 20.7 Å². The van der Waals surface area contributed by atoms with Crippen LogP contribution in [0.3, 0.4) is 0 Å². The van der Waals surface area contributed by atoms with Crippen LogP contribution in [0.5, 0.6) is 5.75 Å². The van der Waals surface area contributed by atoms with Crippen molar-refractivity contribution in [2.24, 2.45) is 4.99 Å². The lowest BCUT2D eigenvalue weighted by atomic mass is 10.1. The molecule has 2 aromatic carbocycles. The summed E-state index contributed by atoms with van der Waals surface area (Å²) in [5, 5.41) is 9.13. The van der Waals surface area contributed by atoms with Crippen LogP contribution in [0.1, 0.15) is 13.3 Å². The maximum atomic E-state index is 12.5. The molecule has 0 saturated carbocycles. The minimum Gasteiger partial charge on any atom is -0.494 e. The smallest absolute Gasteiger partial charge is 0.249 e. The van der Waals surface area contributed by atoms with E-state index in [0.29, 0.717) is 33.8 Å². The first-order valence-electron chi connectivity index (χ1n) is 8.57. The molecule has 0 spiro atoms. The van der Waals surface area contributed by atoms with Gasteiger partial charge in [0.2, 0.25) is 17.8 Å². The molecule has 9 heteroatoms. The molecule has 146 valence electrons. The molecule has 0 unspecified atom stereocenters. The second-order valence-electron chi connectivity index (χ2n) is 5.98. The number of rotatable bonds is 5. The number of nitrogens with one attached hydrogen (secondary N) is 3. The Bertz CT molecular complexity index is 896. The maximum absolute atomic E-state index is 12.5. The van der Waals surface area contributed by atoms with Gasteiger partial charge in [-0.05, 0) is 49.4 Å². The van der Waals surface area contributed by atoms with Gasteiger partial charge in [0.1, 0.15) is 11.8 Å². The van der Waals surface area contributed by atoms with Gasteiger partial charge in [0.15, 0.2) is 0 Å². The van der Waals surface area contributed by atoms with E-state index < -0.39 is 6.04 Å². The van der Waals surface area contributed by atoms with E-state index in [1.54, 1.807) is 42.5 Å². The Hall–Kier alpha value is -2.77. The molecule has 2 aromatic rings. The van der Waals surface area contributed by atoms with Crippen LogP contribution >= 0.6 is 23.2 Å². The van der Waals surface area contributed by atoms with Crippen molar-refractivity contribution >= 4 is 52.4 Å². The molecule has 3 N–H and O–H groups in total. The van der Waals surface area contributed by atoms with Gasteiger partial charge < -0.3 is 15.4 Å². The highest BCUT2D eigenvalue weighted by atomic mass is 35.5. The van der Waals surface area contributed by atoms with Crippen molar-refractivity contribution in [3.05, 3.63) is 52.5 Å². The molecule has 0 aliphatic carbocycles. The number of halogens is 2. The fourth-order valence-corrected chi connectivity index (χ4v) is 3.12. The number of benzene rings is 2. The number of nitrogens with zero attached hydrogens (tertiary/aromatic N) is 1. The summed E-state index contributed by atoms with van der Waals surface area (Å²) in [7, 11) is 0. The van der Waals surface area contributed by atoms with E-state index in [4.69, 9.17) is 27.9 Å². The predicted molar refractivity (Wildman–Crippen MR) is 110 cm³/mol. The number of anilines is 2. The highest BCUT2D eigenvalue weighted by Crippen LogP contribution is 2.23. The monoisotopic (exact) mass is 420 g/mol. The third kappa shape index (κ3) is 5.37. The lowest BCUT2D eigenvalue weighted by molar-refractivity contribution is -0.124. The van der Waals surface area contributed by atoms with Crippen LogP contribution in [0, 0.1) is 0 Å². The Kier molecular flexibility index (Phi) is 6.38. The largest absolute Gasteiger partial charge is 0.494 e. The van der Waals surface area contributed by atoms with Crippen molar-refractivity contribution < 1.29 is 14.3 Å². The second kappa shape index (κ2) is 8.95. The SMILES string of the molecule is CCOc1ccc(NC(=O)[C@@H]2CC(=O)NC(Nc3cc(Cl)cc(Cl)c3)=N2)cc1. The van der Waals surface area contributed by atoms with Crippen LogP contribution in [0.25, 0.3) is 0 Å². The fraction of sp³-hybridized carbons (Fsp3) is 0.211. The second-order valence-corrected chi connectivity index (χ2v) is 6.85. The van der Waals surface area contributed by atoms with Gasteiger partial charge in [-0.15, -0.1) is 0 Å². The topological polar surface area (TPSA) is 91.8 Å². The van der Waals surface area contributed by atoms with Gasteiger partial charge >= 0.3 is 0 Å². The minimum absolute atomic E-state index is 0.0512. The highest BCUT2D eigenvalue weighted by Gasteiger charge is 2.27. The first kappa shape index (κ1) is 20.0. The number of carbonyl (C=O) groups excluding carboxylic acids is 2. The van der Waals surface area contributed by atoms with Crippen LogP contribution in [0.2, 0.25) is 10.0 Å². The van der Waals surface area contributed by atoms with E-state index in [9.17, 15) is 9.59 Å². The van der Waals surface area contributed by atoms with Crippen molar-refractivity contribution in [3.8, 4) is 5.75 Å². The van der Waals surface area contributed by atoms with Crippen LogP contribution in [-0.2, 0) is 9.59 Å². The molecule has 0 radical (unpaired) electrons. The molecule has 0 aromatic heterocycles. The molecular weight excluding hydrogens is 403 g/mol. The molecule has 2 amide bonds. The molecule has 0 fully saturated rings. The van der Waals surface area contributed by atoms with Crippen molar-refractivity contribution in [2.75, 3.05) is 17.2 Å². The lowest BCUT2D eigenvalue weighted by Gasteiger charge is -2.21.